The van der Waals surface area contributed by atoms with Gasteiger partial charge in [0, 0.05) is 61.4 Å². The van der Waals surface area contributed by atoms with Crippen LogP contribution in [0.4, 0.5) is 22.0 Å². The zero-order valence-corrected chi connectivity index (χ0v) is 14.0. The van der Waals surface area contributed by atoms with Crippen molar-refractivity contribution in [2.75, 3.05) is 44.2 Å². The summed E-state index contributed by atoms with van der Waals surface area (Å²) in [7, 11) is -1.35. The Morgan fingerprint density at radius 1 is 1.05 bits per heavy atom. The van der Waals surface area contributed by atoms with E-state index in [4.69, 9.17) is 0 Å². The molecule has 0 amide bonds. The Kier molecular flexibility index (Phi) is 9.45. The highest BCUT2D eigenvalue weighted by Crippen LogP contribution is 2.38. The molecule has 1 heterocycles. The molecule has 1 fully saturated rings. The molecule has 1 saturated heterocycles. The molecule has 128 valence electrons. The molecule has 0 spiro atoms. The monoisotopic (exact) mass is 402 g/mol. The van der Waals surface area contributed by atoms with Gasteiger partial charge in [-0.1, -0.05) is 0 Å². The van der Waals surface area contributed by atoms with Gasteiger partial charge in [0.15, 0.2) is 0 Å². The molecular weight excluding hydrogens is 383 g/mol. The summed E-state index contributed by atoms with van der Waals surface area (Å²) in [5.74, 6) is -4.48. The van der Waals surface area contributed by atoms with Crippen LogP contribution in [0.2, 0.25) is 0 Å². The van der Waals surface area contributed by atoms with Crippen molar-refractivity contribution in [3.63, 3.8) is 0 Å². The fourth-order valence-electron chi connectivity index (χ4n) is 1.86. The van der Waals surface area contributed by atoms with Crippen molar-refractivity contribution in [1.82, 2.24) is 10.2 Å². The highest BCUT2D eigenvalue weighted by atomic mass is 79.9. The van der Waals surface area contributed by atoms with Gasteiger partial charge in [-0.15, -0.1) is 17.0 Å². The molecular formula is C11H20BrF5N2OS. The molecule has 10 heteroatoms. The normalized spacial score (nSPS) is 19.1. The molecule has 21 heavy (non-hydrogen) atoms. The molecule has 0 bridgehead atoms. The van der Waals surface area contributed by atoms with Crippen molar-refractivity contribution in [1.29, 1.82) is 0 Å². The van der Waals surface area contributed by atoms with Crippen molar-refractivity contribution in [2.45, 2.75) is 24.9 Å². The van der Waals surface area contributed by atoms with E-state index in [1.807, 2.05) is 0 Å². The molecule has 0 radical (unpaired) electrons. The number of piperazine rings is 1. The predicted octanol–water partition coefficient (Wildman–Crippen LogP) is 2.20. The zero-order valence-electron chi connectivity index (χ0n) is 11.4. The third-order valence-electron chi connectivity index (χ3n) is 3.12. The lowest BCUT2D eigenvalue weighted by Gasteiger charge is -2.26. The van der Waals surface area contributed by atoms with E-state index in [1.165, 1.54) is 0 Å². The minimum atomic E-state index is -5.52. The Hall–Kier alpha value is 0.200. The lowest BCUT2D eigenvalue weighted by molar-refractivity contribution is -0.284. The third-order valence-corrected chi connectivity index (χ3v) is 4.50. The maximum atomic E-state index is 12.6. The fraction of sp³-hybridized carbons (Fsp3) is 1.00. The van der Waals surface area contributed by atoms with E-state index in [0.29, 0.717) is 12.3 Å². The van der Waals surface area contributed by atoms with E-state index in [9.17, 15) is 26.2 Å². The first-order chi connectivity index (χ1) is 9.22. The Morgan fingerprint density at radius 2 is 1.62 bits per heavy atom. The van der Waals surface area contributed by atoms with Gasteiger partial charge in [0.2, 0.25) is 0 Å². The second kappa shape index (κ2) is 9.36. The van der Waals surface area contributed by atoms with E-state index in [0.717, 1.165) is 26.2 Å². The summed E-state index contributed by atoms with van der Waals surface area (Å²) in [6.07, 6.45) is -7.20. The number of halogens is 6. The van der Waals surface area contributed by atoms with Crippen LogP contribution >= 0.6 is 17.0 Å². The number of rotatable bonds is 7. The van der Waals surface area contributed by atoms with Gasteiger partial charge >= 0.3 is 12.1 Å². The van der Waals surface area contributed by atoms with Crippen molar-refractivity contribution in [2.24, 2.45) is 0 Å². The lowest BCUT2D eigenvalue weighted by atomic mass is 10.2. The summed E-state index contributed by atoms with van der Waals surface area (Å²) in [5, 5.41) is 3.16. The highest BCUT2D eigenvalue weighted by molar-refractivity contribution is 8.93. The maximum absolute atomic E-state index is 12.6. The van der Waals surface area contributed by atoms with Crippen molar-refractivity contribution in [3.8, 4) is 0 Å². The van der Waals surface area contributed by atoms with Crippen LogP contribution in [0.5, 0.6) is 0 Å². The molecule has 0 aromatic carbocycles. The first-order valence-corrected chi connectivity index (χ1v) is 7.94. The highest BCUT2D eigenvalue weighted by Gasteiger charge is 2.56. The summed E-state index contributed by atoms with van der Waals surface area (Å²) in [5.41, 5.74) is 0. The summed E-state index contributed by atoms with van der Waals surface area (Å²) >= 11 is 0. The second-order valence-corrected chi connectivity index (χ2v) is 6.44. The van der Waals surface area contributed by atoms with Gasteiger partial charge in [-0.3, -0.25) is 9.11 Å². The van der Waals surface area contributed by atoms with Crippen LogP contribution in [-0.4, -0.2) is 65.4 Å². The van der Waals surface area contributed by atoms with Crippen LogP contribution in [0.3, 0.4) is 0 Å². The van der Waals surface area contributed by atoms with Gasteiger partial charge in [0.1, 0.15) is 0 Å². The lowest BCUT2D eigenvalue weighted by Crippen LogP contribution is -2.44. The van der Waals surface area contributed by atoms with Crippen LogP contribution in [-0.2, 0) is 10.8 Å². The molecule has 3 nitrogen and oxygen atoms in total. The quantitative estimate of drug-likeness (QED) is 0.662. The van der Waals surface area contributed by atoms with E-state index in [-0.39, 0.29) is 29.2 Å². The molecule has 0 aromatic rings. The Morgan fingerprint density at radius 3 is 2.14 bits per heavy atom. The fourth-order valence-corrected chi connectivity index (χ4v) is 3.00. The van der Waals surface area contributed by atoms with Gasteiger partial charge in [0.05, 0.1) is 0 Å². The Labute approximate surface area is 133 Å². The molecule has 0 aromatic heterocycles. The predicted molar refractivity (Wildman–Crippen MR) is 77.7 cm³/mol. The van der Waals surface area contributed by atoms with Crippen molar-refractivity contribution >= 4 is 27.8 Å². The summed E-state index contributed by atoms with van der Waals surface area (Å²) < 4.78 is 72.5. The third kappa shape index (κ3) is 7.85. The van der Waals surface area contributed by atoms with Gasteiger partial charge in [-0.2, -0.15) is 22.0 Å². The summed E-state index contributed by atoms with van der Waals surface area (Å²) in [4.78, 5) is 2.10. The van der Waals surface area contributed by atoms with E-state index in [1.54, 1.807) is 0 Å². The first-order valence-electron chi connectivity index (χ1n) is 6.45. The van der Waals surface area contributed by atoms with Crippen LogP contribution in [0.15, 0.2) is 0 Å². The van der Waals surface area contributed by atoms with Gasteiger partial charge in [-0.25, -0.2) is 0 Å². The van der Waals surface area contributed by atoms with Gasteiger partial charge in [0.25, 0.3) is 0 Å². The summed E-state index contributed by atoms with van der Waals surface area (Å²) in [6.45, 7) is 3.96. The maximum Gasteiger partial charge on any atom is 0.453 e. The molecule has 0 saturated carbocycles. The number of alkyl halides is 5. The largest absolute Gasteiger partial charge is 0.453 e. The van der Waals surface area contributed by atoms with E-state index >= 15 is 0 Å². The first kappa shape index (κ1) is 21.2. The smallest absolute Gasteiger partial charge is 0.314 e. The average Bonchev–Trinajstić information content (AvgIpc) is 2.36. The van der Waals surface area contributed by atoms with Gasteiger partial charge < -0.3 is 5.32 Å². The Bertz CT molecular complexity index is 324. The van der Waals surface area contributed by atoms with E-state index in [2.05, 4.69) is 10.2 Å². The summed E-state index contributed by atoms with van der Waals surface area (Å²) in [6, 6.07) is 0. The SMILES string of the molecule is Br.O=S(CCCC(F)(F)C(F)(F)F)CCN1CCNCC1. The zero-order chi connectivity index (χ0) is 15.2. The molecule has 1 aliphatic heterocycles. The number of nitrogens with one attached hydrogen (secondary N) is 1. The Balaban J connectivity index is 0.00000400. The number of hydrogen-bond donors (Lipinski definition) is 1. The number of nitrogens with zero attached hydrogens (tertiary/aromatic N) is 1. The van der Waals surface area contributed by atoms with Crippen LogP contribution in [0, 0.1) is 0 Å². The molecule has 1 rings (SSSR count). The van der Waals surface area contributed by atoms with Crippen molar-refractivity contribution in [3.05, 3.63) is 0 Å². The van der Waals surface area contributed by atoms with E-state index < -0.39 is 29.3 Å². The standard InChI is InChI=1S/C11H19F5N2OS.BrH/c12-10(13,11(14,15)16)2-1-8-20(19)9-7-18-5-3-17-4-6-18;/h17H,1-9H2;1H. The van der Waals surface area contributed by atoms with Crippen LogP contribution in [0.25, 0.3) is 0 Å². The van der Waals surface area contributed by atoms with Crippen LogP contribution < -0.4 is 5.32 Å². The van der Waals surface area contributed by atoms with Crippen LogP contribution in [0.1, 0.15) is 12.8 Å². The minimum absolute atomic E-state index is 0. The topological polar surface area (TPSA) is 32.3 Å². The molecule has 1 atom stereocenters. The molecule has 1 N–H and O–H groups in total. The number of hydrogen-bond acceptors (Lipinski definition) is 3. The average molecular weight is 403 g/mol. The minimum Gasteiger partial charge on any atom is -0.314 e. The van der Waals surface area contributed by atoms with Crippen molar-refractivity contribution < 1.29 is 26.2 Å². The molecule has 0 aliphatic carbocycles. The molecule has 1 unspecified atom stereocenters. The van der Waals surface area contributed by atoms with Gasteiger partial charge in [-0.05, 0) is 6.42 Å². The second-order valence-electron chi connectivity index (χ2n) is 4.75. The molecule has 1 aliphatic rings.